The van der Waals surface area contributed by atoms with Crippen LogP contribution in [0.15, 0.2) is 18.3 Å². The molecule has 0 unspecified atom stereocenters. The molecule has 15 heavy (non-hydrogen) atoms. The highest BCUT2D eigenvalue weighted by Crippen LogP contribution is 2.00. The molecule has 1 aromatic heterocycles. The number of amides is 1. The standard InChI is InChI=1S/C10H16N4O/c11-3-1-4-14-10(15)8-2-5-13-9(6-8)7-12/h2,5-6H,1,3-4,7,11-12H2,(H,14,15). The Morgan fingerprint density at radius 1 is 1.47 bits per heavy atom. The molecule has 0 spiro atoms. The summed E-state index contributed by atoms with van der Waals surface area (Å²) in [6.07, 6.45) is 2.36. The Hall–Kier alpha value is -1.46. The van der Waals surface area contributed by atoms with E-state index in [0.717, 1.165) is 6.42 Å². The number of pyridine rings is 1. The van der Waals surface area contributed by atoms with Crippen molar-refractivity contribution in [3.05, 3.63) is 29.6 Å². The molecule has 0 saturated carbocycles. The van der Waals surface area contributed by atoms with Gasteiger partial charge in [-0.2, -0.15) is 0 Å². The minimum Gasteiger partial charge on any atom is -0.352 e. The molecule has 0 saturated heterocycles. The van der Waals surface area contributed by atoms with Gasteiger partial charge in [0.15, 0.2) is 0 Å². The minimum absolute atomic E-state index is 0.111. The van der Waals surface area contributed by atoms with Crippen LogP contribution in [-0.2, 0) is 6.54 Å². The first-order valence-electron chi connectivity index (χ1n) is 4.91. The maximum Gasteiger partial charge on any atom is 0.251 e. The molecule has 0 atom stereocenters. The number of hydrogen-bond acceptors (Lipinski definition) is 4. The third kappa shape index (κ3) is 3.65. The van der Waals surface area contributed by atoms with Crippen LogP contribution in [0.4, 0.5) is 0 Å². The number of nitrogens with one attached hydrogen (secondary N) is 1. The molecule has 1 amide bonds. The normalized spacial score (nSPS) is 10.0. The van der Waals surface area contributed by atoms with Gasteiger partial charge in [0.1, 0.15) is 0 Å². The Labute approximate surface area is 88.9 Å². The van der Waals surface area contributed by atoms with Crippen molar-refractivity contribution >= 4 is 5.91 Å². The first-order valence-corrected chi connectivity index (χ1v) is 4.91. The molecule has 0 aliphatic carbocycles. The molecule has 0 radical (unpaired) electrons. The van der Waals surface area contributed by atoms with Gasteiger partial charge in [-0.15, -0.1) is 0 Å². The average Bonchev–Trinajstić information content (AvgIpc) is 2.29. The molecule has 1 rings (SSSR count). The van der Waals surface area contributed by atoms with Crippen LogP contribution in [0.25, 0.3) is 0 Å². The predicted octanol–water partition coefficient (Wildman–Crippen LogP) is -0.381. The molecule has 0 aliphatic rings. The largest absolute Gasteiger partial charge is 0.352 e. The van der Waals surface area contributed by atoms with E-state index in [1.807, 2.05) is 0 Å². The summed E-state index contributed by atoms with van der Waals surface area (Å²) >= 11 is 0. The van der Waals surface area contributed by atoms with Gasteiger partial charge in [-0.25, -0.2) is 0 Å². The maximum atomic E-state index is 11.6. The Balaban J connectivity index is 2.57. The number of nitrogens with zero attached hydrogens (tertiary/aromatic N) is 1. The fourth-order valence-electron chi connectivity index (χ4n) is 1.14. The number of hydrogen-bond donors (Lipinski definition) is 3. The number of nitrogens with two attached hydrogens (primary N) is 2. The van der Waals surface area contributed by atoms with Gasteiger partial charge in [-0.1, -0.05) is 0 Å². The third-order valence-corrected chi connectivity index (χ3v) is 1.95. The Morgan fingerprint density at radius 3 is 2.93 bits per heavy atom. The quantitative estimate of drug-likeness (QED) is 0.575. The highest BCUT2D eigenvalue weighted by atomic mass is 16.1. The summed E-state index contributed by atoms with van der Waals surface area (Å²) < 4.78 is 0. The van der Waals surface area contributed by atoms with Crippen molar-refractivity contribution in [2.75, 3.05) is 13.1 Å². The van der Waals surface area contributed by atoms with Crippen molar-refractivity contribution < 1.29 is 4.79 Å². The van der Waals surface area contributed by atoms with Gasteiger partial charge < -0.3 is 16.8 Å². The monoisotopic (exact) mass is 208 g/mol. The highest BCUT2D eigenvalue weighted by Gasteiger charge is 2.04. The number of rotatable bonds is 5. The van der Waals surface area contributed by atoms with E-state index in [1.165, 1.54) is 0 Å². The molecule has 0 aliphatic heterocycles. The first-order chi connectivity index (χ1) is 7.27. The Morgan fingerprint density at radius 2 is 2.27 bits per heavy atom. The second-order valence-corrected chi connectivity index (χ2v) is 3.14. The molecular formula is C10H16N4O. The van der Waals surface area contributed by atoms with Crippen LogP contribution in [0.5, 0.6) is 0 Å². The molecule has 0 fully saturated rings. The van der Waals surface area contributed by atoms with Gasteiger partial charge in [-0.05, 0) is 25.1 Å². The van der Waals surface area contributed by atoms with Gasteiger partial charge in [-0.3, -0.25) is 9.78 Å². The van der Waals surface area contributed by atoms with Crippen LogP contribution in [0, 0.1) is 0 Å². The number of carbonyl (C=O) groups is 1. The Kier molecular flexibility index (Phi) is 4.73. The van der Waals surface area contributed by atoms with E-state index in [9.17, 15) is 4.79 Å². The van der Waals surface area contributed by atoms with Gasteiger partial charge in [0.25, 0.3) is 5.91 Å². The van der Waals surface area contributed by atoms with E-state index in [1.54, 1.807) is 18.3 Å². The van der Waals surface area contributed by atoms with E-state index < -0.39 is 0 Å². The second-order valence-electron chi connectivity index (χ2n) is 3.14. The van der Waals surface area contributed by atoms with Crippen molar-refractivity contribution in [1.29, 1.82) is 0 Å². The molecule has 1 heterocycles. The van der Waals surface area contributed by atoms with Crippen LogP contribution >= 0.6 is 0 Å². The van der Waals surface area contributed by atoms with Crippen molar-refractivity contribution in [2.24, 2.45) is 11.5 Å². The number of aromatic nitrogens is 1. The van der Waals surface area contributed by atoms with Gasteiger partial charge in [0.2, 0.25) is 0 Å². The van der Waals surface area contributed by atoms with Crippen LogP contribution in [0.2, 0.25) is 0 Å². The Bertz CT molecular complexity index is 327. The van der Waals surface area contributed by atoms with Crippen LogP contribution in [0.1, 0.15) is 22.5 Å². The summed E-state index contributed by atoms with van der Waals surface area (Å²) in [5.74, 6) is -0.111. The van der Waals surface area contributed by atoms with Crippen LogP contribution < -0.4 is 16.8 Å². The van der Waals surface area contributed by atoms with Crippen molar-refractivity contribution in [2.45, 2.75) is 13.0 Å². The molecule has 82 valence electrons. The average molecular weight is 208 g/mol. The molecular weight excluding hydrogens is 192 g/mol. The molecule has 0 aromatic carbocycles. The molecule has 1 aromatic rings. The first kappa shape index (κ1) is 11.6. The lowest BCUT2D eigenvalue weighted by Crippen LogP contribution is -2.26. The summed E-state index contributed by atoms with van der Waals surface area (Å²) in [5, 5.41) is 2.76. The SMILES string of the molecule is NCCCNC(=O)c1ccnc(CN)c1. The van der Waals surface area contributed by atoms with Crippen molar-refractivity contribution in [3.8, 4) is 0 Å². The topological polar surface area (TPSA) is 94.0 Å². The molecule has 0 bridgehead atoms. The lowest BCUT2D eigenvalue weighted by atomic mass is 10.2. The van der Waals surface area contributed by atoms with E-state index in [-0.39, 0.29) is 5.91 Å². The van der Waals surface area contributed by atoms with E-state index in [0.29, 0.717) is 30.9 Å². The fourth-order valence-corrected chi connectivity index (χ4v) is 1.14. The van der Waals surface area contributed by atoms with E-state index in [4.69, 9.17) is 11.5 Å². The summed E-state index contributed by atoms with van der Waals surface area (Å²) in [4.78, 5) is 15.6. The smallest absolute Gasteiger partial charge is 0.251 e. The lowest BCUT2D eigenvalue weighted by Gasteiger charge is -2.04. The van der Waals surface area contributed by atoms with E-state index >= 15 is 0 Å². The third-order valence-electron chi connectivity index (χ3n) is 1.95. The highest BCUT2D eigenvalue weighted by molar-refractivity contribution is 5.94. The van der Waals surface area contributed by atoms with Gasteiger partial charge in [0.05, 0.1) is 5.69 Å². The summed E-state index contributed by atoms with van der Waals surface area (Å²) in [6.45, 7) is 1.50. The molecule has 5 N–H and O–H groups in total. The minimum atomic E-state index is -0.111. The zero-order valence-corrected chi connectivity index (χ0v) is 8.57. The van der Waals surface area contributed by atoms with Crippen molar-refractivity contribution in [1.82, 2.24) is 10.3 Å². The maximum absolute atomic E-state index is 11.6. The molecule has 5 heteroatoms. The predicted molar refractivity (Wildman–Crippen MR) is 58.1 cm³/mol. The van der Waals surface area contributed by atoms with Crippen LogP contribution in [-0.4, -0.2) is 24.0 Å². The summed E-state index contributed by atoms with van der Waals surface area (Å²) in [5.41, 5.74) is 12.0. The zero-order valence-electron chi connectivity index (χ0n) is 8.57. The lowest BCUT2D eigenvalue weighted by molar-refractivity contribution is 0.0953. The second kappa shape index (κ2) is 6.10. The zero-order chi connectivity index (χ0) is 11.1. The van der Waals surface area contributed by atoms with Gasteiger partial charge in [0, 0.05) is 24.8 Å². The van der Waals surface area contributed by atoms with E-state index in [2.05, 4.69) is 10.3 Å². The molecule has 5 nitrogen and oxygen atoms in total. The fraction of sp³-hybridized carbons (Fsp3) is 0.400. The van der Waals surface area contributed by atoms with Crippen molar-refractivity contribution in [3.63, 3.8) is 0 Å². The van der Waals surface area contributed by atoms with Gasteiger partial charge >= 0.3 is 0 Å². The summed E-state index contributed by atoms with van der Waals surface area (Å²) in [6, 6.07) is 3.36. The summed E-state index contributed by atoms with van der Waals surface area (Å²) in [7, 11) is 0. The van der Waals surface area contributed by atoms with Crippen LogP contribution in [0.3, 0.4) is 0 Å². The number of carbonyl (C=O) groups excluding carboxylic acids is 1.